The summed E-state index contributed by atoms with van der Waals surface area (Å²) in [6, 6.07) is -0.833. The van der Waals surface area contributed by atoms with Gasteiger partial charge in [-0.05, 0) is 17.8 Å². The highest BCUT2D eigenvalue weighted by atomic mass is 16.2. The zero-order valence-electron chi connectivity index (χ0n) is 9.55. The fourth-order valence-corrected chi connectivity index (χ4v) is 0.933. The van der Waals surface area contributed by atoms with E-state index in [9.17, 15) is 0 Å². The van der Waals surface area contributed by atoms with Crippen LogP contribution in [0.4, 0.5) is 4.79 Å². The SMILES string of the molecule is C.CCCC(C)(C)C(C)C.NC(N)=O. The molecule has 2 amide bonds. The average molecular weight is 204 g/mol. The van der Waals surface area contributed by atoms with E-state index in [0.29, 0.717) is 5.41 Å². The monoisotopic (exact) mass is 204 g/mol. The Morgan fingerprint density at radius 1 is 1.29 bits per heavy atom. The Morgan fingerprint density at radius 2 is 1.57 bits per heavy atom. The van der Waals surface area contributed by atoms with Crippen molar-refractivity contribution in [3.05, 3.63) is 0 Å². The fourth-order valence-electron chi connectivity index (χ4n) is 0.933. The van der Waals surface area contributed by atoms with Gasteiger partial charge in [0.2, 0.25) is 0 Å². The van der Waals surface area contributed by atoms with E-state index in [-0.39, 0.29) is 7.43 Å². The van der Waals surface area contributed by atoms with E-state index < -0.39 is 6.03 Å². The summed E-state index contributed by atoms with van der Waals surface area (Å²) in [7, 11) is 0. The van der Waals surface area contributed by atoms with Crippen molar-refractivity contribution in [2.75, 3.05) is 0 Å². The molecule has 0 aliphatic rings. The maximum Gasteiger partial charge on any atom is 0.309 e. The summed E-state index contributed by atoms with van der Waals surface area (Å²) in [5, 5.41) is 0. The zero-order chi connectivity index (χ0) is 11.1. The quantitative estimate of drug-likeness (QED) is 0.728. The molecule has 0 saturated heterocycles. The van der Waals surface area contributed by atoms with E-state index in [1.807, 2.05) is 0 Å². The molecule has 0 heterocycles. The fraction of sp³-hybridized carbons (Fsp3) is 0.909. The molecule has 4 N–H and O–H groups in total. The minimum atomic E-state index is -0.833. The first-order valence-corrected chi connectivity index (χ1v) is 4.79. The van der Waals surface area contributed by atoms with Crippen LogP contribution in [-0.4, -0.2) is 6.03 Å². The smallest absolute Gasteiger partial charge is 0.309 e. The van der Waals surface area contributed by atoms with Crippen molar-refractivity contribution in [3.63, 3.8) is 0 Å². The van der Waals surface area contributed by atoms with Crippen molar-refractivity contribution in [3.8, 4) is 0 Å². The van der Waals surface area contributed by atoms with Gasteiger partial charge < -0.3 is 11.5 Å². The number of rotatable bonds is 3. The Labute approximate surface area is 89.2 Å². The van der Waals surface area contributed by atoms with Gasteiger partial charge in [0, 0.05) is 0 Å². The molecule has 0 aromatic carbocycles. The van der Waals surface area contributed by atoms with Crippen molar-refractivity contribution in [1.29, 1.82) is 0 Å². The van der Waals surface area contributed by atoms with E-state index in [1.165, 1.54) is 12.8 Å². The number of carbonyl (C=O) groups excluding carboxylic acids is 1. The minimum absolute atomic E-state index is 0. The van der Waals surface area contributed by atoms with Gasteiger partial charge in [0.15, 0.2) is 0 Å². The molecule has 0 rings (SSSR count). The lowest BCUT2D eigenvalue weighted by Crippen LogP contribution is -2.18. The highest BCUT2D eigenvalue weighted by molar-refractivity contribution is 5.69. The van der Waals surface area contributed by atoms with Crippen LogP contribution in [0.3, 0.4) is 0 Å². The van der Waals surface area contributed by atoms with Crippen molar-refractivity contribution in [2.24, 2.45) is 22.8 Å². The van der Waals surface area contributed by atoms with Gasteiger partial charge >= 0.3 is 6.03 Å². The standard InChI is InChI=1S/C9H20.CH4N2O.CH4/c1-6-7-9(4,5)8(2)3;2-1(3)4;/h8H,6-7H2,1-5H3;(H4,2,3,4);1H4. The number of primary amides is 2. The maximum absolute atomic E-state index is 9.00. The molecule has 0 aliphatic heterocycles. The molecule has 0 atom stereocenters. The van der Waals surface area contributed by atoms with Gasteiger partial charge in [-0.1, -0.05) is 48.5 Å². The Kier molecular flexibility index (Phi) is 12.0. The predicted octanol–water partition coefficient (Wildman–Crippen LogP) is 3.13. The number of carbonyl (C=O) groups is 1. The minimum Gasteiger partial charge on any atom is -0.352 e. The summed E-state index contributed by atoms with van der Waals surface area (Å²) in [6.07, 6.45) is 2.66. The molecule has 0 radical (unpaired) electrons. The Morgan fingerprint density at radius 3 is 1.64 bits per heavy atom. The summed E-state index contributed by atoms with van der Waals surface area (Å²) in [4.78, 5) is 9.00. The third kappa shape index (κ3) is 13.8. The van der Waals surface area contributed by atoms with Crippen LogP contribution in [0.15, 0.2) is 0 Å². The van der Waals surface area contributed by atoms with Crippen LogP contribution in [0.25, 0.3) is 0 Å². The molecule has 88 valence electrons. The summed E-state index contributed by atoms with van der Waals surface area (Å²) in [5.41, 5.74) is 9.05. The molecule has 0 aliphatic carbocycles. The molecule has 0 saturated carbocycles. The molecule has 0 unspecified atom stereocenters. The summed E-state index contributed by atoms with van der Waals surface area (Å²) < 4.78 is 0. The first-order valence-electron chi connectivity index (χ1n) is 4.79. The van der Waals surface area contributed by atoms with Crippen molar-refractivity contribution in [1.82, 2.24) is 0 Å². The largest absolute Gasteiger partial charge is 0.352 e. The zero-order valence-corrected chi connectivity index (χ0v) is 9.55. The van der Waals surface area contributed by atoms with Crippen LogP contribution in [0.1, 0.15) is 54.9 Å². The Hall–Kier alpha value is -0.730. The van der Waals surface area contributed by atoms with Gasteiger partial charge in [-0.15, -0.1) is 0 Å². The highest BCUT2D eigenvalue weighted by Gasteiger charge is 2.20. The van der Waals surface area contributed by atoms with Gasteiger partial charge in [-0.3, -0.25) is 0 Å². The van der Waals surface area contributed by atoms with Crippen LogP contribution in [0.2, 0.25) is 0 Å². The molecular formula is C11H28N2O. The van der Waals surface area contributed by atoms with Crippen LogP contribution in [0.5, 0.6) is 0 Å². The van der Waals surface area contributed by atoms with Gasteiger partial charge in [0.1, 0.15) is 0 Å². The summed E-state index contributed by atoms with van der Waals surface area (Å²) in [6.45, 7) is 11.6. The lowest BCUT2D eigenvalue weighted by atomic mass is 9.78. The second-order valence-corrected chi connectivity index (χ2v) is 4.30. The van der Waals surface area contributed by atoms with Gasteiger partial charge in [-0.25, -0.2) is 4.79 Å². The van der Waals surface area contributed by atoms with Crippen LogP contribution in [0, 0.1) is 11.3 Å². The first-order chi connectivity index (χ1) is 5.74. The molecular weight excluding hydrogens is 176 g/mol. The topological polar surface area (TPSA) is 69.1 Å². The predicted molar refractivity (Wildman–Crippen MR) is 64.0 cm³/mol. The van der Waals surface area contributed by atoms with Crippen molar-refractivity contribution in [2.45, 2.75) is 54.9 Å². The third-order valence-electron chi connectivity index (χ3n) is 2.46. The molecule has 3 heteroatoms. The average Bonchev–Trinajstić information content (AvgIpc) is 1.85. The summed E-state index contributed by atoms with van der Waals surface area (Å²) >= 11 is 0. The molecule has 14 heavy (non-hydrogen) atoms. The van der Waals surface area contributed by atoms with Gasteiger partial charge in [-0.2, -0.15) is 0 Å². The number of hydrogen-bond donors (Lipinski definition) is 2. The Balaban J connectivity index is -0.000000209. The molecule has 0 bridgehead atoms. The lowest BCUT2D eigenvalue weighted by Gasteiger charge is -2.28. The van der Waals surface area contributed by atoms with Crippen molar-refractivity contribution < 1.29 is 4.79 Å². The third-order valence-corrected chi connectivity index (χ3v) is 2.46. The second kappa shape index (κ2) is 8.85. The lowest BCUT2D eigenvalue weighted by molar-refractivity contribution is 0.227. The van der Waals surface area contributed by atoms with Crippen LogP contribution >= 0.6 is 0 Å². The van der Waals surface area contributed by atoms with Gasteiger partial charge in [0.05, 0.1) is 0 Å². The van der Waals surface area contributed by atoms with Gasteiger partial charge in [0.25, 0.3) is 0 Å². The van der Waals surface area contributed by atoms with Crippen molar-refractivity contribution >= 4 is 6.03 Å². The van der Waals surface area contributed by atoms with E-state index in [2.05, 4.69) is 46.1 Å². The molecule has 0 aromatic rings. The van der Waals surface area contributed by atoms with Crippen LogP contribution in [-0.2, 0) is 0 Å². The molecule has 3 nitrogen and oxygen atoms in total. The van der Waals surface area contributed by atoms with E-state index in [4.69, 9.17) is 4.79 Å². The van der Waals surface area contributed by atoms with E-state index in [1.54, 1.807) is 0 Å². The number of hydrogen-bond acceptors (Lipinski definition) is 1. The number of urea groups is 1. The first kappa shape index (κ1) is 18.9. The summed E-state index contributed by atoms with van der Waals surface area (Å²) in [5.74, 6) is 0.817. The number of amides is 2. The molecule has 0 fully saturated rings. The molecule has 0 aromatic heterocycles. The number of nitrogens with two attached hydrogens (primary N) is 2. The van der Waals surface area contributed by atoms with E-state index in [0.717, 1.165) is 5.92 Å². The Bertz CT molecular complexity index is 138. The van der Waals surface area contributed by atoms with E-state index >= 15 is 0 Å². The van der Waals surface area contributed by atoms with Crippen LogP contribution < -0.4 is 11.5 Å². The normalized spacial score (nSPS) is 9.86. The second-order valence-electron chi connectivity index (χ2n) is 4.30. The maximum atomic E-state index is 9.00. The highest BCUT2D eigenvalue weighted by Crippen LogP contribution is 2.30. The molecule has 0 spiro atoms.